The summed E-state index contributed by atoms with van der Waals surface area (Å²) in [5.74, 6) is 0.244. The molecule has 0 saturated heterocycles. The number of nitrogens with zero attached hydrogens (tertiary/aromatic N) is 1. The maximum atomic E-state index is 12.5. The first-order valence-electron chi connectivity index (χ1n) is 8.72. The molecule has 1 aliphatic heterocycles. The number of hydrogen-bond donors (Lipinski definition) is 2. The number of benzene rings is 1. The van der Waals surface area contributed by atoms with Gasteiger partial charge in [0.2, 0.25) is 5.91 Å². The number of carbonyl (C=O) groups excluding carboxylic acids is 1. The molecule has 1 aromatic carbocycles. The quantitative estimate of drug-likeness (QED) is 0.747. The first-order valence-corrected chi connectivity index (χ1v) is 11.1. The average Bonchev–Trinajstić information content (AvgIpc) is 3.04. The third-order valence-corrected chi connectivity index (χ3v) is 6.24. The zero-order chi connectivity index (χ0) is 19.1. The highest BCUT2D eigenvalue weighted by Crippen LogP contribution is 2.16. The number of rotatable bonds is 5. The number of amidine groups is 1. The summed E-state index contributed by atoms with van der Waals surface area (Å²) in [6.07, 6.45) is 6.80. The summed E-state index contributed by atoms with van der Waals surface area (Å²) in [5.41, 5.74) is 0.529. The van der Waals surface area contributed by atoms with E-state index >= 15 is 0 Å². The monoisotopic (exact) mass is 403 g/mol. The summed E-state index contributed by atoms with van der Waals surface area (Å²) in [7, 11) is -3.67. The van der Waals surface area contributed by atoms with Gasteiger partial charge in [-0.1, -0.05) is 12.5 Å². The lowest BCUT2D eigenvalue weighted by Crippen LogP contribution is -2.30. The molecule has 142 valence electrons. The number of sulfonamides is 1. The molecule has 0 radical (unpaired) electrons. The van der Waals surface area contributed by atoms with Crippen molar-refractivity contribution in [1.29, 1.82) is 0 Å². The Morgan fingerprint density at radius 3 is 2.67 bits per heavy atom. The first-order chi connectivity index (χ1) is 13.0. The Morgan fingerprint density at radius 2 is 1.93 bits per heavy atom. The van der Waals surface area contributed by atoms with Crippen LogP contribution in [0.2, 0.25) is 0 Å². The molecular weight excluding hydrogens is 382 g/mol. The number of nitrogens with one attached hydrogen (secondary N) is 2. The summed E-state index contributed by atoms with van der Waals surface area (Å²) in [4.78, 5) is 17.4. The van der Waals surface area contributed by atoms with Crippen LogP contribution in [0.15, 0.2) is 57.7 Å². The molecule has 27 heavy (non-hydrogen) atoms. The Balaban J connectivity index is 1.62. The van der Waals surface area contributed by atoms with Gasteiger partial charge in [0.1, 0.15) is 5.84 Å². The van der Waals surface area contributed by atoms with Crippen molar-refractivity contribution in [2.75, 3.05) is 11.9 Å². The lowest BCUT2D eigenvalue weighted by Gasteiger charge is -2.10. The van der Waals surface area contributed by atoms with E-state index in [0.29, 0.717) is 24.5 Å². The molecule has 3 rings (SSSR count). The summed E-state index contributed by atoms with van der Waals surface area (Å²) in [6, 6.07) is 9.91. The minimum Gasteiger partial charge on any atom is -0.323 e. The highest BCUT2D eigenvalue weighted by molar-refractivity contribution is 7.90. The number of anilines is 1. The molecule has 0 unspecified atom stereocenters. The molecule has 8 heteroatoms. The van der Waals surface area contributed by atoms with Crippen LogP contribution in [0.25, 0.3) is 6.08 Å². The maximum absolute atomic E-state index is 12.5. The van der Waals surface area contributed by atoms with Crippen LogP contribution in [0.5, 0.6) is 0 Å². The van der Waals surface area contributed by atoms with E-state index in [-0.39, 0.29) is 10.8 Å². The molecule has 1 aromatic heterocycles. The average molecular weight is 404 g/mol. The van der Waals surface area contributed by atoms with Crippen LogP contribution in [-0.4, -0.2) is 26.7 Å². The number of amides is 1. The summed E-state index contributed by atoms with van der Waals surface area (Å²) in [5, 5.41) is 4.65. The van der Waals surface area contributed by atoms with Gasteiger partial charge in [-0.2, -0.15) is 0 Å². The van der Waals surface area contributed by atoms with Gasteiger partial charge in [0.05, 0.1) is 4.90 Å². The predicted octanol–water partition coefficient (Wildman–Crippen LogP) is 3.65. The Labute approximate surface area is 163 Å². The van der Waals surface area contributed by atoms with Gasteiger partial charge < -0.3 is 5.32 Å². The highest BCUT2D eigenvalue weighted by atomic mass is 32.2. The Hall–Kier alpha value is -2.45. The van der Waals surface area contributed by atoms with Crippen molar-refractivity contribution in [2.45, 2.75) is 30.6 Å². The van der Waals surface area contributed by atoms with E-state index in [1.807, 2.05) is 17.5 Å². The fourth-order valence-electron chi connectivity index (χ4n) is 2.62. The van der Waals surface area contributed by atoms with Gasteiger partial charge in [0.25, 0.3) is 10.0 Å². The molecule has 2 heterocycles. The van der Waals surface area contributed by atoms with Crippen LogP contribution in [0.4, 0.5) is 5.69 Å². The van der Waals surface area contributed by atoms with Gasteiger partial charge in [-0.05, 0) is 54.6 Å². The van der Waals surface area contributed by atoms with Crippen LogP contribution in [0.3, 0.4) is 0 Å². The summed E-state index contributed by atoms with van der Waals surface area (Å²) in [6.45, 7) is 0.655. The number of aliphatic imine (C=N–C) groups is 1. The fourth-order valence-corrected chi connectivity index (χ4v) is 4.32. The van der Waals surface area contributed by atoms with Gasteiger partial charge in [-0.15, -0.1) is 11.3 Å². The van der Waals surface area contributed by atoms with Crippen LogP contribution in [0.1, 0.15) is 30.6 Å². The third kappa shape index (κ3) is 5.77. The molecule has 2 N–H and O–H groups in total. The molecule has 0 aliphatic carbocycles. The van der Waals surface area contributed by atoms with Gasteiger partial charge in [-0.25, -0.2) is 8.42 Å². The molecule has 0 atom stereocenters. The largest absolute Gasteiger partial charge is 0.323 e. The second-order valence-electron chi connectivity index (χ2n) is 6.11. The molecule has 1 amide bonds. The van der Waals surface area contributed by atoms with Crippen molar-refractivity contribution in [3.63, 3.8) is 0 Å². The molecule has 1 aliphatic rings. The molecule has 2 aromatic rings. The summed E-state index contributed by atoms with van der Waals surface area (Å²) >= 11 is 1.54. The van der Waals surface area contributed by atoms with Crippen molar-refractivity contribution in [1.82, 2.24) is 4.72 Å². The van der Waals surface area contributed by atoms with E-state index in [0.717, 1.165) is 24.1 Å². The van der Waals surface area contributed by atoms with Crippen LogP contribution in [0, 0.1) is 0 Å². The highest BCUT2D eigenvalue weighted by Gasteiger charge is 2.17. The Bertz CT molecular complexity index is 931. The molecule has 0 saturated carbocycles. The van der Waals surface area contributed by atoms with Crippen molar-refractivity contribution in [3.05, 3.63) is 52.7 Å². The normalized spacial score (nSPS) is 15.2. The van der Waals surface area contributed by atoms with E-state index in [9.17, 15) is 13.2 Å². The predicted molar refractivity (Wildman–Crippen MR) is 110 cm³/mol. The maximum Gasteiger partial charge on any atom is 0.262 e. The van der Waals surface area contributed by atoms with Gasteiger partial charge >= 0.3 is 0 Å². The van der Waals surface area contributed by atoms with Crippen LogP contribution >= 0.6 is 11.3 Å². The molecule has 0 bridgehead atoms. The number of thiophene rings is 1. The topological polar surface area (TPSA) is 87.6 Å². The SMILES string of the molecule is O=C(C=Cc1cccs1)Nc1ccc(S(=O)(=O)NC2=NCCCCC2)cc1. The van der Waals surface area contributed by atoms with Crippen LogP contribution in [-0.2, 0) is 14.8 Å². The van der Waals surface area contributed by atoms with E-state index in [1.165, 1.54) is 18.2 Å². The molecule has 6 nitrogen and oxygen atoms in total. The zero-order valence-electron chi connectivity index (χ0n) is 14.7. The van der Waals surface area contributed by atoms with E-state index in [1.54, 1.807) is 29.5 Å². The molecule has 0 fully saturated rings. The van der Waals surface area contributed by atoms with E-state index in [2.05, 4.69) is 15.0 Å². The molecular formula is C19H21N3O3S2. The second kappa shape index (κ2) is 8.96. The zero-order valence-corrected chi connectivity index (χ0v) is 16.4. The first kappa shape index (κ1) is 19.3. The van der Waals surface area contributed by atoms with Crippen molar-refractivity contribution in [2.24, 2.45) is 4.99 Å². The van der Waals surface area contributed by atoms with E-state index in [4.69, 9.17) is 0 Å². The Kier molecular flexibility index (Phi) is 6.41. The standard InChI is InChI=1S/C19H21N3O3S2/c23-19(12-9-16-5-4-14-26-16)21-15-7-10-17(11-8-15)27(24,25)22-18-6-2-1-3-13-20-18/h4-5,7-12,14H,1-3,6,13H2,(H,20,22)(H,21,23). The minimum absolute atomic E-state index is 0.140. The van der Waals surface area contributed by atoms with Crippen molar-refractivity contribution in [3.8, 4) is 0 Å². The van der Waals surface area contributed by atoms with Gasteiger partial charge in [-0.3, -0.25) is 14.5 Å². The van der Waals surface area contributed by atoms with Crippen LogP contribution < -0.4 is 10.0 Å². The Morgan fingerprint density at radius 1 is 1.11 bits per heavy atom. The smallest absolute Gasteiger partial charge is 0.262 e. The van der Waals surface area contributed by atoms with Gasteiger partial charge in [0, 0.05) is 29.6 Å². The lowest BCUT2D eigenvalue weighted by atomic mass is 10.2. The second-order valence-corrected chi connectivity index (χ2v) is 8.77. The third-order valence-electron chi connectivity index (χ3n) is 4.00. The minimum atomic E-state index is -3.67. The lowest BCUT2D eigenvalue weighted by molar-refractivity contribution is -0.111. The van der Waals surface area contributed by atoms with E-state index < -0.39 is 10.0 Å². The fraction of sp³-hybridized carbons (Fsp3) is 0.263. The summed E-state index contributed by atoms with van der Waals surface area (Å²) < 4.78 is 27.6. The number of carbonyl (C=O) groups is 1. The molecule has 0 spiro atoms. The van der Waals surface area contributed by atoms with Gasteiger partial charge in [0.15, 0.2) is 0 Å². The van der Waals surface area contributed by atoms with Crippen molar-refractivity contribution >= 4 is 44.9 Å². The van der Waals surface area contributed by atoms with Crippen molar-refractivity contribution < 1.29 is 13.2 Å². The number of hydrogen-bond acceptors (Lipinski definition) is 5.